The Morgan fingerprint density at radius 1 is 1.35 bits per heavy atom. The summed E-state index contributed by atoms with van der Waals surface area (Å²) >= 11 is 3.56. The lowest BCUT2D eigenvalue weighted by Gasteiger charge is -2.42. The van der Waals surface area contributed by atoms with Crippen LogP contribution in [0.4, 0.5) is 0 Å². The summed E-state index contributed by atoms with van der Waals surface area (Å²) in [5.74, 6) is 1.71. The molecule has 0 bridgehead atoms. The van der Waals surface area contributed by atoms with Gasteiger partial charge in [0.05, 0.1) is 4.47 Å². The molecule has 1 aromatic carbocycles. The van der Waals surface area contributed by atoms with E-state index in [2.05, 4.69) is 28.9 Å². The molecule has 0 unspecified atom stereocenters. The van der Waals surface area contributed by atoms with E-state index in [9.17, 15) is 0 Å². The minimum atomic E-state index is 0.160. The Morgan fingerprint density at radius 3 is 2.65 bits per heavy atom. The van der Waals surface area contributed by atoms with Crippen molar-refractivity contribution in [1.82, 2.24) is 0 Å². The second-order valence-corrected chi connectivity index (χ2v) is 5.79. The lowest BCUT2D eigenvalue weighted by Crippen LogP contribution is -2.42. The molecule has 0 spiro atoms. The fraction of sp³-hybridized carbons (Fsp3) is 0.538. The molecule has 4 heteroatoms. The number of hydrogen-bond acceptors (Lipinski definition) is 3. The largest absolute Gasteiger partial charge is 0.453 e. The van der Waals surface area contributed by atoms with Crippen LogP contribution < -0.4 is 15.2 Å². The van der Waals surface area contributed by atoms with Crippen LogP contribution in [-0.4, -0.2) is 13.3 Å². The minimum absolute atomic E-state index is 0.160. The molecule has 0 atom stereocenters. The van der Waals surface area contributed by atoms with E-state index in [4.69, 9.17) is 15.2 Å². The van der Waals surface area contributed by atoms with Gasteiger partial charge >= 0.3 is 0 Å². The van der Waals surface area contributed by atoms with E-state index in [1.165, 1.54) is 30.4 Å². The first-order valence-corrected chi connectivity index (χ1v) is 6.76. The monoisotopic (exact) mass is 297 g/mol. The molecule has 2 aliphatic rings. The van der Waals surface area contributed by atoms with Crippen LogP contribution in [0, 0.1) is 6.92 Å². The zero-order chi connectivity index (χ0) is 12.0. The van der Waals surface area contributed by atoms with Gasteiger partial charge in [0.15, 0.2) is 11.5 Å². The van der Waals surface area contributed by atoms with Crippen molar-refractivity contribution in [2.24, 2.45) is 5.73 Å². The molecule has 1 saturated carbocycles. The third kappa shape index (κ3) is 1.50. The van der Waals surface area contributed by atoms with Crippen LogP contribution >= 0.6 is 15.9 Å². The quantitative estimate of drug-likeness (QED) is 0.913. The Labute approximate surface area is 109 Å². The summed E-state index contributed by atoms with van der Waals surface area (Å²) in [5, 5.41) is 0. The Kier molecular flexibility index (Phi) is 2.60. The van der Waals surface area contributed by atoms with Gasteiger partial charge in [0, 0.05) is 12.0 Å². The second-order valence-electron chi connectivity index (χ2n) is 4.93. The normalized spacial score (nSPS) is 20.2. The van der Waals surface area contributed by atoms with Gasteiger partial charge in [-0.05, 0) is 52.9 Å². The molecule has 1 fully saturated rings. The van der Waals surface area contributed by atoms with Gasteiger partial charge in [-0.25, -0.2) is 0 Å². The highest BCUT2D eigenvalue weighted by Gasteiger charge is 2.40. The summed E-state index contributed by atoms with van der Waals surface area (Å²) in [6, 6.07) is 2.16. The number of ether oxygens (including phenoxy) is 2. The molecule has 1 aliphatic carbocycles. The van der Waals surface area contributed by atoms with Crippen LogP contribution in [0.3, 0.4) is 0 Å². The predicted molar refractivity (Wildman–Crippen MR) is 69.6 cm³/mol. The molecule has 3 rings (SSSR count). The zero-order valence-corrected chi connectivity index (χ0v) is 11.5. The highest BCUT2D eigenvalue weighted by Crippen LogP contribution is 2.51. The molecule has 1 heterocycles. The second kappa shape index (κ2) is 3.89. The summed E-state index contributed by atoms with van der Waals surface area (Å²) < 4.78 is 12.0. The Bertz CT molecular complexity index is 463. The van der Waals surface area contributed by atoms with Crippen LogP contribution in [0.15, 0.2) is 10.5 Å². The predicted octanol–water partition coefficient (Wildman–Crippen LogP) is 2.87. The number of hydrogen-bond donors (Lipinski definition) is 1. The summed E-state index contributed by atoms with van der Waals surface area (Å²) in [4.78, 5) is 0. The topological polar surface area (TPSA) is 44.5 Å². The Morgan fingerprint density at radius 2 is 2.06 bits per heavy atom. The summed E-state index contributed by atoms with van der Waals surface area (Å²) in [5.41, 5.74) is 8.65. The highest BCUT2D eigenvalue weighted by atomic mass is 79.9. The molecule has 3 nitrogen and oxygen atoms in total. The SMILES string of the molecule is Cc1c(C2(CN)CCC2)cc(Br)c2c1OCO2. The van der Waals surface area contributed by atoms with Crippen molar-refractivity contribution in [1.29, 1.82) is 0 Å². The molecular weight excluding hydrogens is 282 g/mol. The van der Waals surface area contributed by atoms with Crippen LogP contribution in [0.25, 0.3) is 0 Å². The van der Waals surface area contributed by atoms with Crippen LogP contribution in [0.5, 0.6) is 11.5 Å². The third-order valence-corrected chi connectivity index (χ3v) is 4.71. The van der Waals surface area contributed by atoms with E-state index in [1.807, 2.05) is 0 Å². The van der Waals surface area contributed by atoms with Crippen molar-refractivity contribution in [3.05, 3.63) is 21.7 Å². The Balaban J connectivity index is 2.15. The smallest absolute Gasteiger partial charge is 0.231 e. The van der Waals surface area contributed by atoms with Crippen LogP contribution in [0.2, 0.25) is 0 Å². The number of rotatable bonds is 2. The zero-order valence-electron chi connectivity index (χ0n) is 9.88. The van der Waals surface area contributed by atoms with E-state index >= 15 is 0 Å². The molecular formula is C13H16BrNO2. The average molecular weight is 298 g/mol. The number of halogens is 1. The first-order valence-electron chi connectivity index (χ1n) is 5.97. The Hall–Kier alpha value is -0.740. The molecule has 1 aliphatic heterocycles. The molecule has 17 heavy (non-hydrogen) atoms. The molecule has 2 N–H and O–H groups in total. The van der Waals surface area contributed by atoms with Gasteiger partial charge in [0.1, 0.15) is 0 Å². The number of fused-ring (bicyclic) bond motifs is 1. The van der Waals surface area contributed by atoms with Gasteiger partial charge in [0.25, 0.3) is 0 Å². The van der Waals surface area contributed by atoms with Crippen molar-refractivity contribution in [2.45, 2.75) is 31.6 Å². The van der Waals surface area contributed by atoms with Crippen molar-refractivity contribution >= 4 is 15.9 Å². The van der Waals surface area contributed by atoms with Crippen molar-refractivity contribution < 1.29 is 9.47 Å². The van der Waals surface area contributed by atoms with E-state index < -0.39 is 0 Å². The summed E-state index contributed by atoms with van der Waals surface area (Å²) in [6.45, 7) is 3.12. The standard InChI is InChI=1S/C13H16BrNO2/c1-8-9(13(6-15)3-2-4-13)5-10(14)12-11(8)16-7-17-12/h5H,2-4,6-7,15H2,1H3. The highest BCUT2D eigenvalue weighted by molar-refractivity contribution is 9.10. The minimum Gasteiger partial charge on any atom is -0.453 e. The van der Waals surface area contributed by atoms with Gasteiger partial charge in [0.2, 0.25) is 6.79 Å². The van der Waals surface area contributed by atoms with Crippen molar-refractivity contribution in [3.8, 4) is 11.5 Å². The first kappa shape index (κ1) is 11.4. The van der Waals surface area contributed by atoms with E-state index in [1.54, 1.807) is 0 Å². The van der Waals surface area contributed by atoms with Crippen LogP contribution in [-0.2, 0) is 5.41 Å². The van der Waals surface area contributed by atoms with E-state index in [0.717, 1.165) is 16.0 Å². The fourth-order valence-electron chi connectivity index (χ4n) is 2.90. The van der Waals surface area contributed by atoms with E-state index in [-0.39, 0.29) is 5.41 Å². The van der Waals surface area contributed by atoms with Crippen LogP contribution in [0.1, 0.15) is 30.4 Å². The van der Waals surface area contributed by atoms with Crippen molar-refractivity contribution in [2.75, 3.05) is 13.3 Å². The molecule has 0 aromatic heterocycles. The lowest BCUT2D eigenvalue weighted by atomic mass is 9.63. The van der Waals surface area contributed by atoms with Gasteiger partial charge < -0.3 is 15.2 Å². The molecule has 0 saturated heterocycles. The van der Waals surface area contributed by atoms with Gasteiger partial charge in [-0.1, -0.05) is 6.42 Å². The molecule has 0 amide bonds. The maximum atomic E-state index is 5.98. The maximum absolute atomic E-state index is 5.98. The lowest BCUT2D eigenvalue weighted by molar-refractivity contribution is 0.172. The van der Waals surface area contributed by atoms with Crippen molar-refractivity contribution in [3.63, 3.8) is 0 Å². The van der Waals surface area contributed by atoms with Gasteiger partial charge in [-0.3, -0.25) is 0 Å². The average Bonchev–Trinajstić information content (AvgIpc) is 2.74. The molecule has 0 radical (unpaired) electrons. The van der Waals surface area contributed by atoms with E-state index in [0.29, 0.717) is 13.3 Å². The third-order valence-electron chi connectivity index (χ3n) is 4.12. The first-order chi connectivity index (χ1) is 8.18. The number of benzene rings is 1. The summed E-state index contributed by atoms with van der Waals surface area (Å²) in [7, 11) is 0. The maximum Gasteiger partial charge on any atom is 0.231 e. The number of nitrogens with two attached hydrogens (primary N) is 1. The molecule has 1 aromatic rings. The summed E-state index contributed by atoms with van der Waals surface area (Å²) in [6.07, 6.45) is 3.62. The molecule has 92 valence electrons. The van der Waals surface area contributed by atoms with Gasteiger partial charge in [-0.15, -0.1) is 0 Å². The fourth-order valence-corrected chi connectivity index (χ4v) is 3.42. The van der Waals surface area contributed by atoms with Gasteiger partial charge in [-0.2, -0.15) is 0 Å².